The molecule has 180 valence electrons. The Morgan fingerprint density at radius 2 is 1.94 bits per heavy atom. The van der Waals surface area contributed by atoms with Gasteiger partial charge in [-0.05, 0) is 61.8 Å². The lowest BCUT2D eigenvalue weighted by molar-refractivity contribution is 0.0935. The van der Waals surface area contributed by atoms with Gasteiger partial charge >= 0.3 is 0 Å². The van der Waals surface area contributed by atoms with Gasteiger partial charge in [0.25, 0.3) is 0 Å². The van der Waals surface area contributed by atoms with Crippen molar-refractivity contribution >= 4 is 11.5 Å². The summed E-state index contributed by atoms with van der Waals surface area (Å²) in [6.07, 6.45) is 3.90. The van der Waals surface area contributed by atoms with E-state index in [1.165, 1.54) is 6.07 Å². The van der Waals surface area contributed by atoms with Crippen molar-refractivity contribution in [3.63, 3.8) is 0 Å². The number of pyridine rings is 1. The van der Waals surface area contributed by atoms with Crippen LogP contribution in [-0.2, 0) is 4.74 Å². The second kappa shape index (κ2) is 9.59. The van der Waals surface area contributed by atoms with Crippen LogP contribution in [0, 0.1) is 5.82 Å². The predicted octanol–water partition coefficient (Wildman–Crippen LogP) is 3.64. The van der Waals surface area contributed by atoms with E-state index in [9.17, 15) is 4.39 Å². The molecule has 2 saturated heterocycles. The quantitative estimate of drug-likeness (QED) is 0.473. The average Bonchev–Trinajstić information content (AvgIpc) is 3.33. The molecule has 0 bridgehead atoms. The third-order valence-electron chi connectivity index (χ3n) is 6.56. The van der Waals surface area contributed by atoms with E-state index in [1.807, 2.05) is 40.9 Å². The fraction of sp³-hybridized carbons (Fsp3) is 0.346. The first-order valence-electron chi connectivity index (χ1n) is 12.0. The number of nitrogens with zero attached hydrogens (tertiary/aromatic N) is 5. The van der Waals surface area contributed by atoms with E-state index in [2.05, 4.69) is 15.2 Å². The smallest absolute Gasteiger partial charge is 0.214 e. The van der Waals surface area contributed by atoms with E-state index < -0.39 is 0 Å². The molecule has 6 rings (SSSR count). The number of imidazole rings is 1. The van der Waals surface area contributed by atoms with E-state index in [0.29, 0.717) is 25.6 Å². The molecular formula is C26H27FN6O2. The first-order chi connectivity index (χ1) is 17.2. The Hall–Kier alpha value is -3.56. The number of rotatable bonds is 5. The number of ether oxygens (including phenoxy) is 2. The van der Waals surface area contributed by atoms with Crippen LogP contribution < -0.4 is 15.0 Å². The van der Waals surface area contributed by atoms with Crippen LogP contribution in [0.3, 0.4) is 0 Å². The fourth-order valence-electron chi connectivity index (χ4n) is 4.77. The largest absolute Gasteiger partial charge is 0.474 e. The highest BCUT2D eigenvalue weighted by atomic mass is 19.1. The summed E-state index contributed by atoms with van der Waals surface area (Å²) in [5, 5.41) is 8.27. The number of fused-ring (bicyclic) bond motifs is 1. The molecule has 2 aliphatic rings. The van der Waals surface area contributed by atoms with Crippen molar-refractivity contribution in [3.8, 4) is 17.3 Å². The highest BCUT2D eigenvalue weighted by molar-refractivity contribution is 5.61. The van der Waals surface area contributed by atoms with Crippen molar-refractivity contribution in [2.24, 2.45) is 0 Å². The second-order valence-electron chi connectivity index (χ2n) is 8.87. The summed E-state index contributed by atoms with van der Waals surface area (Å²) in [5.74, 6) is 1.13. The van der Waals surface area contributed by atoms with Crippen molar-refractivity contribution < 1.29 is 13.9 Å². The van der Waals surface area contributed by atoms with Crippen molar-refractivity contribution in [2.75, 3.05) is 37.7 Å². The van der Waals surface area contributed by atoms with E-state index in [0.717, 1.165) is 54.3 Å². The van der Waals surface area contributed by atoms with E-state index in [-0.39, 0.29) is 18.0 Å². The molecule has 5 heterocycles. The maximum absolute atomic E-state index is 13.9. The van der Waals surface area contributed by atoms with E-state index in [4.69, 9.17) is 19.6 Å². The lowest BCUT2D eigenvalue weighted by atomic mass is 10.0. The van der Waals surface area contributed by atoms with Gasteiger partial charge in [0.05, 0.1) is 31.1 Å². The van der Waals surface area contributed by atoms with Gasteiger partial charge in [-0.15, -0.1) is 5.10 Å². The van der Waals surface area contributed by atoms with Crippen LogP contribution >= 0.6 is 0 Å². The number of halogens is 1. The van der Waals surface area contributed by atoms with Gasteiger partial charge in [-0.3, -0.25) is 0 Å². The van der Waals surface area contributed by atoms with Gasteiger partial charge in [0.1, 0.15) is 23.4 Å². The number of hydrogen-bond donors (Lipinski definition) is 1. The molecule has 2 aliphatic heterocycles. The molecule has 1 unspecified atom stereocenters. The zero-order valence-electron chi connectivity index (χ0n) is 19.3. The highest BCUT2D eigenvalue weighted by Crippen LogP contribution is 2.30. The Morgan fingerprint density at radius 1 is 1.06 bits per heavy atom. The number of benzene rings is 1. The summed E-state index contributed by atoms with van der Waals surface area (Å²) >= 11 is 0. The van der Waals surface area contributed by atoms with Crippen LogP contribution in [-0.4, -0.2) is 58.5 Å². The molecule has 0 amide bonds. The van der Waals surface area contributed by atoms with Crippen molar-refractivity contribution in [3.05, 3.63) is 72.2 Å². The standard InChI is InChI=1S/C26H27FN6O2/c27-19-4-1-3-18(15-19)23-17-34-14-13-32(23)25-8-7-24-29-16-22(33(24)31-25)21-5-2-6-26(30-21)35-20-9-11-28-12-10-20/h1-8,15-16,20,23,28H,9-14,17H2. The summed E-state index contributed by atoms with van der Waals surface area (Å²) in [4.78, 5) is 11.4. The van der Waals surface area contributed by atoms with Crippen LogP contribution in [0.4, 0.5) is 10.2 Å². The molecule has 3 aromatic heterocycles. The number of nitrogens with one attached hydrogen (secondary N) is 1. The normalized spacial score (nSPS) is 19.2. The first kappa shape index (κ1) is 21.9. The number of hydrogen-bond acceptors (Lipinski definition) is 7. The number of aromatic nitrogens is 4. The van der Waals surface area contributed by atoms with Crippen LogP contribution in [0.2, 0.25) is 0 Å². The van der Waals surface area contributed by atoms with Gasteiger partial charge in [0.15, 0.2) is 5.65 Å². The van der Waals surface area contributed by atoms with Gasteiger partial charge in [0.2, 0.25) is 5.88 Å². The Labute approximate surface area is 202 Å². The van der Waals surface area contributed by atoms with E-state index in [1.54, 1.807) is 18.3 Å². The zero-order chi connectivity index (χ0) is 23.6. The molecule has 0 aliphatic carbocycles. The lowest BCUT2D eigenvalue weighted by Crippen LogP contribution is -2.40. The van der Waals surface area contributed by atoms with Gasteiger partial charge in [-0.1, -0.05) is 18.2 Å². The molecule has 1 atom stereocenters. The Bertz CT molecular complexity index is 1320. The van der Waals surface area contributed by atoms with Gasteiger partial charge < -0.3 is 19.7 Å². The zero-order valence-corrected chi connectivity index (χ0v) is 19.3. The maximum atomic E-state index is 13.9. The molecular weight excluding hydrogens is 447 g/mol. The Morgan fingerprint density at radius 3 is 2.83 bits per heavy atom. The van der Waals surface area contributed by atoms with Crippen molar-refractivity contribution in [2.45, 2.75) is 25.0 Å². The summed E-state index contributed by atoms with van der Waals surface area (Å²) in [7, 11) is 0. The molecule has 4 aromatic rings. The predicted molar refractivity (Wildman–Crippen MR) is 130 cm³/mol. The topological polar surface area (TPSA) is 76.8 Å². The Kier molecular flexibility index (Phi) is 6.01. The number of morpholine rings is 1. The number of anilines is 1. The molecule has 0 radical (unpaired) electrons. The van der Waals surface area contributed by atoms with Crippen LogP contribution in [0.1, 0.15) is 24.4 Å². The molecule has 2 fully saturated rings. The summed E-state index contributed by atoms with van der Waals surface area (Å²) in [5.41, 5.74) is 3.12. The first-order valence-corrected chi connectivity index (χ1v) is 12.0. The fourth-order valence-corrected chi connectivity index (χ4v) is 4.77. The molecule has 0 spiro atoms. The minimum atomic E-state index is -0.258. The molecule has 0 saturated carbocycles. The molecule has 1 aromatic carbocycles. The van der Waals surface area contributed by atoms with Crippen LogP contribution in [0.5, 0.6) is 5.88 Å². The second-order valence-corrected chi connectivity index (χ2v) is 8.87. The van der Waals surface area contributed by atoms with Crippen molar-refractivity contribution in [1.82, 2.24) is 24.9 Å². The van der Waals surface area contributed by atoms with Gasteiger partial charge in [0, 0.05) is 12.6 Å². The minimum absolute atomic E-state index is 0.129. The highest BCUT2D eigenvalue weighted by Gasteiger charge is 2.27. The van der Waals surface area contributed by atoms with Gasteiger partial charge in [-0.25, -0.2) is 18.9 Å². The van der Waals surface area contributed by atoms with E-state index >= 15 is 0 Å². The Balaban J connectivity index is 1.32. The molecule has 9 heteroatoms. The molecule has 1 N–H and O–H groups in total. The third kappa shape index (κ3) is 4.56. The maximum Gasteiger partial charge on any atom is 0.214 e. The summed E-state index contributed by atoms with van der Waals surface area (Å²) in [6, 6.07) is 16.2. The van der Waals surface area contributed by atoms with Crippen molar-refractivity contribution in [1.29, 1.82) is 0 Å². The lowest BCUT2D eigenvalue weighted by Gasteiger charge is -2.36. The minimum Gasteiger partial charge on any atom is -0.474 e. The van der Waals surface area contributed by atoms with Crippen LogP contribution in [0.25, 0.3) is 17.0 Å². The van der Waals surface area contributed by atoms with Gasteiger partial charge in [-0.2, -0.15) is 0 Å². The third-order valence-corrected chi connectivity index (χ3v) is 6.56. The van der Waals surface area contributed by atoms with Crippen LogP contribution in [0.15, 0.2) is 60.8 Å². The number of piperidine rings is 1. The SMILES string of the molecule is Fc1cccc(C2COCCN2c2ccc3ncc(-c4cccc(OC5CCNCC5)n4)n3n2)c1. The summed E-state index contributed by atoms with van der Waals surface area (Å²) < 4.78 is 27.6. The monoisotopic (exact) mass is 474 g/mol. The summed E-state index contributed by atoms with van der Waals surface area (Å²) in [6.45, 7) is 3.63. The average molecular weight is 475 g/mol. The molecule has 8 nitrogen and oxygen atoms in total. The molecule has 35 heavy (non-hydrogen) atoms.